The van der Waals surface area contributed by atoms with Crippen LogP contribution in [0.4, 0.5) is 0 Å². The van der Waals surface area contributed by atoms with Crippen molar-refractivity contribution in [2.45, 2.75) is 52.5 Å². The smallest absolute Gasteiger partial charge is 0.226 e. The van der Waals surface area contributed by atoms with Crippen molar-refractivity contribution in [1.82, 2.24) is 4.90 Å². The molecule has 1 saturated heterocycles. The van der Waals surface area contributed by atoms with Gasteiger partial charge in [0.1, 0.15) is 5.75 Å². The molecular weight excluding hydrogens is 338 g/mol. The molecule has 0 N–H and O–H groups in total. The first kappa shape index (κ1) is 19.8. The van der Waals surface area contributed by atoms with Crippen LogP contribution in [0.1, 0.15) is 43.7 Å². The first-order valence-corrected chi connectivity index (χ1v) is 10.8. The van der Waals surface area contributed by atoms with Crippen LogP contribution in [0.15, 0.2) is 18.2 Å². The maximum atomic E-state index is 12.6. The van der Waals surface area contributed by atoms with Gasteiger partial charge in [0, 0.05) is 12.6 Å². The van der Waals surface area contributed by atoms with E-state index in [0.29, 0.717) is 19.6 Å². The molecule has 1 amide bonds. The number of unbranched alkanes of at least 4 members (excludes halogenated alkanes) is 1. The number of carbonyl (C=O) groups excluding carboxylic acids is 1. The first-order chi connectivity index (χ1) is 11.8. The highest BCUT2D eigenvalue weighted by Crippen LogP contribution is 2.20. The van der Waals surface area contributed by atoms with Crippen LogP contribution in [0, 0.1) is 13.8 Å². The highest BCUT2D eigenvalue weighted by atomic mass is 32.2. The Balaban J connectivity index is 1.92. The van der Waals surface area contributed by atoms with E-state index in [2.05, 4.69) is 13.0 Å². The zero-order valence-corrected chi connectivity index (χ0v) is 16.3. The number of amides is 1. The van der Waals surface area contributed by atoms with Gasteiger partial charge in [-0.25, -0.2) is 8.42 Å². The molecule has 1 atom stereocenters. The predicted octanol–water partition coefficient (Wildman–Crippen LogP) is 2.89. The van der Waals surface area contributed by atoms with Crippen LogP contribution >= 0.6 is 0 Å². The van der Waals surface area contributed by atoms with Crippen molar-refractivity contribution in [1.29, 1.82) is 0 Å². The van der Waals surface area contributed by atoms with Gasteiger partial charge >= 0.3 is 0 Å². The molecule has 0 aliphatic carbocycles. The molecule has 1 aliphatic rings. The largest absolute Gasteiger partial charge is 0.493 e. The molecule has 0 bridgehead atoms. The lowest BCUT2D eigenvalue weighted by Crippen LogP contribution is -2.42. The Morgan fingerprint density at radius 3 is 2.48 bits per heavy atom. The molecule has 2 rings (SSSR count). The Kier molecular flexibility index (Phi) is 6.87. The van der Waals surface area contributed by atoms with Gasteiger partial charge in [0.15, 0.2) is 9.84 Å². The zero-order valence-electron chi connectivity index (χ0n) is 15.5. The molecule has 0 saturated carbocycles. The van der Waals surface area contributed by atoms with Crippen LogP contribution in [-0.2, 0) is 14.6 Å². The van der Waals surface area contributed by atoms with Crippen molar-refractivity contribution in [3.63, 3.8) is 0 Å². The topological polar surface area (TPSA) is 63.7 Å². The molecule has 1 aromatic carbocycles. The van der Waals surface area contributed by atoms with Gasteiger partial charge in [0.05, 0.1) is 24.5 Å². The fourth-order valence-electron chi connectivity index (χ4n) is 3.28. The van der Waals surface area contributed by atoms with Gasteiger partial charge in [-0.05, 0) is 49.9 Å². The number of carbonyl (C=O) groups is 1. The quantitative estimate of drug-likeness (QED) is 0.709. The van der Waals surface area contributed by atoms with Crippen LogP contribution in [0.25, 0.3) is 0 Å². The molecule has 1 unspecified atom stereocenters. The average molecular weight is 368 g/mol. The Bertz CT molecular complexity index is 679. The number of sulfone groups is 1. The summed E-state index contributed by atoms with van der Waals surface area (Å²) in [5, 5.41) is 0. The highest BCUT2D eigenvalue weighted by Gasteiger charge is 2.34. The molecule has 25 heavy (non-hydrogen) atoms. The average Bonchev–Trinajstić information content (AvgIpc) is 2.86. The molecule has 5 nitrogen and oxygen atoms in total. The summed E-state index contributed by atoms with van der Waals surface area (Å²) in [4.78, 5) is 14.4. The van der Waals surface area contributed by atoms with E-state index in [9.17, 15) is 13.2 Å². The number of ether oxygens (including phenoxy) is 1. The molecule has 6 heteroatoms. The van der Waals surface area contributed by atoms with Crippen molar-refractivity contribution in [2.75, 3.05) is 24.7 Å². The van der Waals surface area contributed by atoms with E-state index in [1.54, 1.807) is 4.90 Å². The normalized spacial score (nSPS) is 18.9. The number of hydrogen-bond acceptors (Lipinski definition) is 4. The lowest BCUT2D eigenvalue weighted by atomic mass is 10.1. The lowest BCUT2D eigenvalue weighted by molar-refractivity contribution is -0.133. The maximum Gasteiger partial charge on any atom is 0.226 e. The fourth-order valence-corrected chi connectivity index (χ4v) is 5.01. The third kappa shape index (κ3) is 6.03. The van der Waals surface area contributed by atoms with E-state index in [1.807, 2.05) is 26.0 Å². The van der Waals surface area contributed by atoms with E-state index in [4.69, 9.17) is 4.74 Å². The molecule has 1 heterocycles. The predicted molar refractivity (Wildman–Crippen MR) is 99.7 cm³/mol. The number of aryl methyl sites for hydroxylation is 2. The van der Waals surface area contributed by atoms with Gasteiger partial charge in [-0.15, -0.1) is 0 Å². The molecule has 0 spiro atoms. The lowest BCUT2D eigenvalue weighted by Gasteiger charge is -2.28. The van der Waals surface area contributed by atoms with Crippen LogP contribution in [0.5, 0.6) is 5.75 Å². The SMILES string of the molecule is CCCCN(C(=O)CCOc1cc(C)cc(C)c1)C1CCS(=O)(=O)C1. The van der Waals surface area contributed by atoms with Crippen LogP contribution in [0.2, 0.25) is 0 Å². The highest BCUT2D eigenvalue weighted by molar-refractivity contribution is 7.91. The molecule has 1 aromatic rings. The summed E-state index contributed by atoms with van der Waals surface area (Å²) in [7, 11) is -3.00. The minimum Gasteiger partial charge on any atom is -0.493 e. The molecule has 0 radical (unpaired) electrons. The summed E-state index contributed by atoms with van der Waals surface area (Å²) in [6.07, 6.45) is 2.69. The zero-order chi connectivity index (χ0) is 18.4. The summed E-state index contributed by atoms with van der Waals surface area (Å²) in [6.45, 7) is 7.02. The second-order valence-corrected chi connectivity index (χ2v) is 9.15. The van der Waals surface area contributed by atoms with Crippen molar-refractivity contribution in [2.24, 2.45) is 0 Å². The van der Waals surface area contributed by atoms with Crippen molar-refractivity contribution < 1.29 is 17.9 Å². The Hall–Kier alpha value is -1.56. The van der Waals surface area contributed by atoms with Crippen LogP contribution in [-0.4, -0.2) is 49.9 Å². The minimum atomic E-state index is -3.00. The number of hydrogen-bond donors (Lipinski definition) is 0. The Morgan fingerprint density at radius 2 is 1.92 bits per heavy atom. The molecule has 1 aliphatic heterocycles. The number of nitrogens with zero attached hydrogens (tertiary/aromatic N) is 1. The number of rotatable bonds is 8. The van der Waals surface area contributed by atoms with Gasteiger partial charge in [-0.3, -0.25) is 4.79 Å². The summed E-state index contributed by atoms with van der Waals surface area (Å²) in [5.41, 5.74) is 2.25. The van der Waals surface area contributed by atoms with Crippen molar-refractivity contribution >= 4 is 15.7 Å². The van der Waals surface area contributed by atoms with E-state index >= 15 is 0 Å². The summed E-state index contributed by atoms with van der Waals surface area (Å²) >= 11 is 0. The minimum absolute atomic E-state index is 0.0140. The van der Waals surface area contributed by atoms with Crippen molar-refractivity contribution in [3.8, 4) is 5.75 Å². The Morgan fingerprint density at radius 1 is 1.24 bits per heavy atom. The molecule has 140 valence electrons. The summed E-state index contributed by atoms with van der Waals surface area (Å²) in [6, 6.07) is 5.81. The number of benzene rings is 1. The van der Waals surface area contributed by atoms with Crippen LogP contribution < -0.4 is 4.74 Å². The van der Waals surface area contributed by atoms with Gasteiger partial charge in [-0.2, -0.15) is 0 Å². The first-order valence-electron chi connectivity index (χ1n) is 9.01. The maximum absolute atomic E-state index is 12.6. The third-order valence-electron chi connectivity index (χ3n) is 4.50. The van der Waals surface area contributed by atoms with E-state index < -0.39 is 9.84 Å². The van der Waals surface area contributed by atoms with E-state index in [1.165, 1.54) is 0 Å². The monoisotopic (exact) mass is 367 g/mol. The second-order valence-electron chi connectivity index (χ2n) is 6.92. The van der Waals surface area contributed by atoms with Gasteiger partial charge in [0.2, 0.25) is 5.91 Å². The molecular formula is C19H29NO4S. The van der Waals surface area contributed by atoms with Crippen molar-refractivity contribution in [3.05, 3.63) is 29.3 Å². The fraction of sp³-hybridized carbons (Fsp3) is 0.632. The third-order valence-corrected chi connectivity index (χ3v) is 6.25. The molecule has 1 fully saturated rings. The Labute approximate surface area is 151 Å². The van der Waals surface area contributed by atoms with Gasteiger partial charge < -0.3 is 9.64 Å². The van der Waals surface area contributed by atoms with Gasteiger partial charge in [-0.1, -0.05) is 19.4 Å². The summed E-state index contributed by atoms with van der Waals surface area (Å²) in [5.74, 6) is 1.04. The van der Waals surface area contributed by atoms with E-state index in [-0.39, 0.29) is 29.9 Å². The van der Waals surface area contributed by atoms with Gasteiger partial charge in [0.25, 0.3) is 0 Å². The van der Waals surface area contributed by atoms with Crippen LogP contribution in [0.3, 0.4) is 0 Å². The summed E-state index contributed by atoms with van der Waals surface area (Å²) < 4.78 is 29.2. The molecule has 0 aromatic heterocycles. The second kappa shape index (κ2) is 8.70. The standard InChI is InChI=1S/C19H29NO4S/c1-4-5-8-20(17-7-10-25(22,23)14-17)19(21)6-9-24-18-12-15(2)11-16(3)13-18/h11-13,17H,4-10,14H2,1-3H3. The van der Waals surface area contributed by atoms with E-state index in [0.717, 1.165) is 29.7 Å².